The molecule has 5 nitrogen and oxygen atoms in total. The van der Waals surface area contributed by atoms with Gasteiger partial charge in [-0.3, -0.25) is 0 Å². The Morgan fingerprint density at radius 3 is 2.78 bits per heavy atom. The Morgan fingerprint density at radius 2 is 2.00 bits per heavy atom. The highest BCUT2D eigenvalue weighted by molar-refractivity contribution is 5.86. The summed E-state index contributed by atoms with van der Waals surface area (Å²) in [5.41, 5.74) is 1.94. The molecule has 0 saturated carbocycles. The van der Waals surface area contributed by atoms with E-state index >= 15 is 0 Å². The minimum atomic E-state index is -0.508. The van der Waals surface area contributed by atoms with E-state index in [1.54, 1.807) is 0 Å². The van der Waals surface area contributed by atoms with E-state index in [-0.39, 0.29) is 6.10 Å². The van der Waals surface area contributed by atoms with Crippen molar-refractivity contribution in [1.29, 1.82) is 0 Å². The van der Waals surface area contributed by atoms with Crippen LogP contribution in [0, 0.1) is 0 Å². The Labute approximate surface area is 134 Å². The van der Waals surface area contributed by atoms with Crippen molar-refractivity contribution in [3.05, 3.63) is 48.7 Å². The van der Waals surface area contributed by atoms with Crippen molar-refractivity contribution in [1.82, 2.24) is 15.0 Å². The molecule has 1 saturated heterocycles. The smallest absolute Gasteiger partial charge is 0.163 e. The summed E-state index contributed by atoms with van der Waals surface area (Å²) in [6.45, 7) is 5.08. The molecule has 3 aromatic rings. The van der Waals surface area contributed by atoms with Crippen LogP contribution in [0.5, 0.6) is 0 Å². The van der Waals surface area contributed by atoms with E-state index in [9.17, 15) is 0 Å². The quantitative estimate of drug-likeness (QED) is 0.745. The van der Waals surface area contributed by atoms with E-state index in [0.29, 0.717) is 13.2 Å². The van der Waals surface area contributed by atoms with Crippen LogP contribution in [0.1, 0.15) is 13.8 Å². The largest absolute Gasteiger partial charge is 0.348 e. The molecule has 1 atom stereocenters. The van der Waals surface area contributed by atoms with Gasteiger partial charge >= 0.3 is 0 Å². The van der Waals surface area contributed by atoms with Gasteiger partial charge in [0, 0.05) is 5.56 Å². The number of fused-ring (bicyclic) bond motifs is 1. The van der Waals surface area contributed by atoms with E-state index in [1.807, 2.05) is 36.9 Å². The fourth-order valence-corrected chi connectivity index (χ4v) is 2.93. The Kier molecular flexibility index (Phi) is 3.39. The van der Waals surface area contributed by atoms with E-state index in [1.165, 1.54) is 10.8 Å². The number of ether oxygens (including phenoxy) is 2. The Morgan fingerprint density at radius 1 is 1.17 bits per heavy atom. The first-order valence-electron chi connectivity index (χ1n) is 7.80. The van der Waals surface area contributed by atoms with Crippen molar-refractivity contribution in [2.24, 2.45) is 0 Å². The Bertz CT molecular complexity index is 841. The van der Waals surface area contributed by atoms with Crippen LogP contribution in [0.3, 0.4) is 0 Å². The maximum absolute atomic E-state index is 5.81. The Hall–Kier alpha value is -2.24. The van der Waals surface area contributed by atoms with Gasteiger partial charge in [-0.2, -0.15) is 0 Å². The summed E-state index contributed by atoms with van der Waals surface area (Å²) in [6.07, 6.45) is 1.97. The van der Waals surface area contributed by atoms with Crippen LogP contribution in [0.2, 0.25) is 0 Å². The second kappa shape index (κ2) is 5.44. The van der Waals surface area contributed by atoms with Crippen molar-refractivity contribution in [3.63, 3.8) is 0 Å². The lowest BCUT2D eigenvalue weighted by Gasteiger charge is -2.16. The Balaban J connectivity index is 1.55. The molecule has 4 rings (SSSR count). The summed E-state index contributed by atoms with van der Waals surface area (Å²) in [5, 5.41) is 10.9. The lowest BCUT2D eigenvalue weighted by molar-refractivity contribution is -0.139. The van der Waals surface area contributed by atoms with Gasteiger partial charge in [-0.1, -0.05) is 41.6 Å². The van der Waals surface area contributed by atoms with Crippen molar-refractivity contribution in [2.45, 2.75) is 32.3 Å². The summed E-state index contributed by atoms with van der Waals surface area (Å²) in [5.74, 6) is -0.508. The minimum absolute atomic E-state index is 0.0103. The van der Waals surface area contributed by atoms with Crippen LogP contribution >= 0.6 is 0 Å². The zero-order chi connectivity index (χ0) is 15.9. The summed E-state index contributed by atoms with van der Waals surface area (Å²) in [7, 11) is 0. The monoisotopic (exact) mass is 309 g/mol. The molecular weight excluding hydrogens is 290 g/mol. The van der Waals surface area contributed by atoms with Gasteiger partial charge < -0.3 is 9.47 Å². The van der Waals surface area contributed by atoms with Gasteiger partial charge in [0.05, 0.1) is 19.3 Å². The van der Waals surface area contributed by atoms with Crippen molar-refractivity contribution in [3.8, 4) is 11.3 Å². The zero-order valence-electron chi connectivity index (χ0n) is 13.3. The molecular formula is C18H19N3O2. The number of hydrogen-bond donors (Lipinski definition) is 0. The van der Waals surface area contributed by atoms with E-state index in [4.69, 9.17) is 9.47 Å². The first-order valence-corrected chi connectivity index (χ1v) is 7.80. The lowest BCUT2D eigenvalue weighted by atomic mass is 10.1. The third kappa shape index (κ3) is 2.98. The second-order valence-corrected chi connectivity index (χ2v) is 6.34. The second-order valence-electron chi connectivity index (χ2n) is 6.34. The third-order valence-electron chi connectivity index (χ3n) is 4.04. The van der Waals surface area contributed by atoms with E-state index in [2.05, 4.69) is 40.6 Å². The summed E-state index contributed by atoms with van der Waals surface area (Å²) < 4.78 is 13.2. The predicted octanol–water partition coefficient (Wildman–Crippen LogP) is 3.25. The standard InChI is InChI=1S/C18H19N3O2/c1-18(2)22-12-16(23-18)10-21-11-17(19-20-21)15-8-7-13-5-3-4-6-14(13)9-15/h3-9,11,16H,10,12H2,1-2H3/t16-/m0/s1. The maximum Gasteiger partial charge on any atom is 0.163 e. The summed E-state index contributed by atoms with van der Waals surface area (Å²) >= 11 is 0. The molecule has 5 heteroatoms. The highest BCUT2D eigenvalue weighted by Gasteiger charge is 2.32. The number of hydrogen-bond acceptors (Lipinski definition) is 4. The molecule has 0 unspecified atom stereocenters. The topological polar surface area (TPSA) is 49.2 Å². The molecule has 0 radical (unpaired) electrons. The molecule has 1 fully saturated rings. The fraction of sp³-hybridized carbons (Fsp3) is 0.333. The fourth-order valence-electron chi connectivity index (χ4n) is 2.93. The van der Waals surface area contributed by atoms with Crippen LogP contribution < -0.4 is 0 Å². The van der Waals surface area contributed by atoms with Gasteiger partial charge in [-0.05, 0) is 30.7 Å². The predicted molar refractivity (Wildman–Crippen MR) is 87.9 cm³/mol. The highest BCUT2D eigenvalue weighted by Crippen LogP contribution is 2.25. The number of nitrogens with zero attached hydrogens (tertiary/aromatic N) is 3. The normalized spacial score (nSPS) is 20.2. The SMILES string of the molecule is CC1(C)OC[C@H](Cn2cc(-c3ccc4ccccc4c3)nn2)O1. The first kappa shape index (κ1) is 14.4. The lowest BCUT2D eigenvalue weighted by Crippen LogP contribution is -2.24. The van der Waals surface area contributed by atoms with Gasteiger partial charge in [-0.15, -0.1) is 5.10 Å². The van der Waals surface area contributed by atoms with E-state index < -0.39 is 5.79 Å². The van der Waals surface area contributed by atoms with Crippen LogP contribution in [0.4, 0.5) is 0 Å². The van der Waals surface area contributed by atoms with Crippen molar-refractivity contribution < 1.29 is 9.47 Å². The number of rotatable bonds is 3. The number of aromatic nitrogens is 3. The molecule has 0 bridgehead atoms. The summed E-state index contributed by atoms with van der Waals surface area (Å²) in [4.78, 5) is 0. The molecule has 23 heavy (non-hydrogen) atoms. The molecule has 1 aliphatic rings. The molecule has 0 amide bonds. The van der Waals surface area contributed by atoms with Gasteiger partial charge in [0.25, 0.3) is 0 Å². The maximum atomic E-state index is 5.81. The minimum Gasteiger partial charge on any atom is -0.348 e. The van der Waals surface area contributed by atoms with Gasteiger partial charge in [-0.25, -0.2) is 4.68 Å². The van der Waals surface area contributed by atoms with E-state index in [0.717, 1.165) is 11.3 Å². The molecule has 2 heterocycles. The molecule has 1 aromatic heterocycles. The summed E-state index contributed by atoms with van der Waals surface area (Å²) in [6, 6.07) is 14.6. The molecule has 0 N–H and O–H groups in total. The molecule has 2 aromatic carbocycles. The first-order chi connectivity index (χ1) is 11.1. The van der Waals surface area contributed by atoms with Crippen LogP contribution in [-0.2, 0) is 16.0 Å². The molecule has 1 aliphatic heterocycles. The average molecular weight is 309 g/mol. The van der Waals surface area contributed by atoms with Crippen LogP contribution in [0.15, 0.2) is 48.7 Å². The molecule has 0 aliphatic carbocycles. The van der Waals surface area contributed by atoms with Gasteiger partial charge in [0.15, 0.2) is 5.79 Å². The van der Waals surface area contributed by atoms with Gasteiger partial charge in [0.2, 0.25) is 0 Å². The van der Waals surface area contributed by atoms with Gasteiger partial charge in [0.1, 0.15) is 11.8 Å². The average Bonchev–Trinajstić information content (AvgIpc) is 3.13. The van der Waals surface area contributed by atoms with Crippen LogP contribution in [-0.4, -0.2) is 33.5 Å². The van der Waals surface area contributed by atoms with Crippen molar-refractivity contribution in [2.75, 3.05) is 6.61 Å². The molecule has 118 valence electrons. The number of benzene rings is 2. The highest BCUT2D eigenvalue weighted by atomic mass is 16.7. The van der Waals surface area contributed by atoms with Crippen molar-refractivity contribution >= 4 is 10.8 Å². The molecule has 0 spiro atoms. The third-order valence-corrected chi connectivity index (χ3v) is 4.04. The zero-order valence-corrected chi connectivity index (χ0v) is 13.3. The van der Waals surface area contributed by atoms with Crippen LogP contribution in [0.25, 0.3) is 22.0 Å².